The Morgan fingerprint density at radius 2 is 1.90 bits per heavy atom. The summed E-state index contributed by atoms with van der Waals surface area (Å²) in [5.74, 6) is 2.62. The third-order valence-corrected chi connectivity index (χ3v) is 6.14. The molecule has 6 nitrogen and oxygen atoms in total. The summed E-state index contributed by atoms with van der Waals surface area (Å²) >= 11 is 6.31. The van der Waals surface area contributed by atoms with Gasteiger partial charge in [0, 0.05) is 22.7 Å². The lowest BCUT2D eigenvalue weighted by Gasteiger charge is -2.32. The maximum absolute atomic E-state index is 13.7. The molecule has 0 saturated carbocycles. The summed E-state index contributed by atoms with van der Waals surface area (Å²) in [6.45, 7) is 0.511. The van der Waals surface area contributed by atoms with E-state index in [1.807, 2.05) is 42.5 Å². The van der Waals surface area contributed by atoms with E-state index in [0.29, 0.717) is 22.9 Å². The van der Waals surface area contributed by atoms with Crippen LogP contribution >= 0.6 is 11.6 Å². The van der Waals surface area contributed by atoms with Crippen LogP contribution in [0.1, 0.15) is 23.1 Å². The van der Waals surface area contributed by atoms with E-state index in [2.05, 4.69) is 16.3 Å². The van der Waals surface area contributed by atoms with Crippen LogP contribution < -0.4 is 10.2 Å². The van der Waals surface area contributed by atoms with Gasteiger partial charge in [0.05, 0.1) is 19.3 Å². The van der Waals surface area contributed by atoms with E-state index in [1.165, 1.54) is 0 Å². The van der Waals surface area contributed by atoms with Gasteiger partial charge >= 0.3 is 0 Å². The van der Waals surface area contributed by atoms with Gasteiger partial charge in [-0.15, -0.1) is 6.42 Å². The lowest BCUT2D eigenvalue weighted by molar-refractivity contribution is -0.126. The molecule has 2 amide bonds. The number of rotatable bonds is 3. The standard InChI is InChI=1S/C23H17ClN4O2/c1-2-11-27-19-10-6-4-8-16(19)23(22(27)30)12-20(29)26-21-17(23)13-25-28(21)14-15-7-3-5-9-18(15)24/h1,3-10,13H,11-12,14H2,(H,26,29)/t23-/m1/s1. The molecule has 30 heavy (non-hydrogen) atoms. The molecule has 0 radical (unpaired) electrons. The number of fused-ring (bicyclic) bond motifs is 4. The Bertz CT molecular complexity index is 1240. The zero-order valence-electron chi connectivity index (χ0n) is 15.9. The van der Waals surface area contributed by atoms with Crippen LogP contribution in [0.2, 0.25) is 5.02 Å². The van der Waals surface area contributed by atoms with Crippen molar-refractivity contribution in [1.29, 1.82) is 0 Å². The Kier molecular flexibility index (Phi) is 4.16. The van der Waals surface area contributed by atoms with Gasteiger partial charge in [-0.25, -0.2) is 4.68 Å². The van der Waals surface area contributed by atoms with Crippen molar-refractivity contribution in [3.63, 3.8) is 0 Å². The van der Waals surface area contributed by atoms with Crippen molar-refractivity contribution in [3.8, 4) is 12.3 Å². The second-order valence-electron chi connectivity index (χ2n) is 7.40. The Labute approximate surface area is 178 Å². The third-order valence-electron chi connectivity index (χ3n) is 5.78. The summed E-state index contributed by atoms with van der Waals surface area (Å²) in [6, 6.07) is 14.9. The van der Waals surface area contributed by atoms with Gasteiger partial charge in [0.25, 0.3) is 0 Å². The molecule has 0 unspecified atom stereocenters. The normalized spacial score (nSPS) is 19.4. The number of anilines is 2. The van der Waals surface area contributed by atoms with E-state index >= 15 is 0 Å². The lowest BCUT2D eigenvalue weighted by atomic mass is 9.72. The second kappa shape index (κ2) is 6.75. The Morgan fingerprint density at radius 1 is 1.13 bits per heavy atom. The van der Waals surface area contributed by atoms with Gasteiger partial charge < -0.3 is 5.32 Å². The minimum atomic E-state index is -1.14. The van der Waals surface area contributed by atoms with Crippen molar-refractivity contribution < 1.29 is 9.59 Å². The van der Waals surface area contributed by atoms with E-state index in [4.69, 9.17) is 18.0 Å². The maximum Gasteiger partial charge on any atom is 0.243 e. The number of para-hydroxylation sites is 1. The summed E-state index contributed by atoms with van der Waals surface area (Å²) in [4.78, 5) is 28.0. The summed E-state index contributed by atoms with van der Waals surface area (Å²) in [6.07, 6.45) is 7.19. The highest BCUT2D eigenvalue weighted by molar-refractivity contribution is 6.31. The number of hydrogen-bond acceptors (Lipinski definition) is 3. The van der Waals surface area contributed by atoms with Gasteiger partial charge in [-0.05, 0) is 23.3 Å². The van der Waals surface area contributed by atoms with Crippen LogP contribution in [0.4, 0.5) is 11.5 Å². The minimum absolute atomic E-state index is 0.00864. The number of amides is 2. The predicted molar refractivity (Wildman–Crippen MR) is 114 cm³/mol. The molecule has 148 valence electrons. The summed E-state index contributed by atoms with van der Waals surface area (Å²) in [5, 5.41) is 8.02. The van der Waals surface area contributed by atoms with Crippen LogP contribution in [-0.2, 0) is 21.5 Å². The zero-order valence-corrected chi connectivity index (χ0v) is 16.7. The predicted octanol–water partition coefficient (Wildman–Crippen LogP) is 3.19. The fourth-order valence-corrected chi connectivity index (χ4v) is 4.65. The molecule has 5 rings (SSSR count). The Morgan fingerprint density at radius 3 is 2.70 bits per heavy atom. The van der Waals surface area contributed by atoms with Gasteiger partial charge in [-0.3, -0.25) is 14.5 Å². The smallest absolute Gasteiger partial charge is 0.243 e. The van der Waals surface area contributed by atoms with Crippen molar-refractivity contribution in [2.45, 2.75) is 18.4 Å². The van der Waals surface area contributed by atoms with Gasteiger partial charge in [0.1, 0.15) is 11.2 Å². The van der Waals surface area contributed by atoms with Gasteiger partial charge in [0.2, 0.25) is 11.8 Å². The molecule has 2 aliphatic rings. The lowest BCUT2D eigenvalue weighted by Crippen LogP contribution is -2.46. The van der Waals surface area contributed by atoms with Gasteiger partial charge in [-0.1, -0.05) is 53.9 Å². The monoisotopic (exact) mass is 416 g/mol. The van der Waals surface area contributed by atoms with Crippen LogP contribution in [0.15, 0.2) is 54.7 Å². The van der Waals surface area contributed by atoms with Crippen molar-refractivity contribution in [2.24, 2.45) is 0 Å². The fraction of sp³-hybridized carbons (Fsp3) is 0.174. The highest BCUT2D eigenvalue weighted by Crippen LogP contribution is 2.52. The first-order valence-electron chi connectivity index (χ1n) is 9.50. The number of aromatic nitrogens is 2. The SMILES string of the molecule is C#CCN1C(=O)[C@]2(CC(=O)Nc3c2cnn3Cc2ccccc2Cl)c2ccccc21. The number of carbonyl (C=O) groups excluding carboxylic acids is 2. The first-order chi connectivity index (χ1) is 14.6. The summed E-state index contributed by atoms with van der Waals surface area (Å²) < 4.78 is 1.68. The van der Waals surface area contributed by atoms with E-state index in [0.717, 1.165) is 16.8 Å². The number of nitrogens with zero attached hydrogens (tertiary/aromatic N) is 3. The molecular formula is C23H17ClN4O2. The molecule has 1 N–H and O–H groups in total. The minimum Gasteiger partial charge on any atom is -0.311 e. The van der Waals surface area contributed by atoms with Crippen molar-refractivity contribution >= 4 is 34.9 Å². The highest BCUT2D eigenvalue weighted by atomic mass is 35.5. The number of carbonyl (C=O) groups is 2. The summed E-state index contributed by atoms with van der Waals surface area (Å²) in [7, 11) is 0. The molecule has 0 fully saturated rings. The maximum atomic E-state index is 13.7. The molecule has 0 aliphatic carbocycles. The quantitative estimate of drug-likeness (QED) is 0.667. The molecule has 2 aromatic carbocycles. The van der Waals surface area contributed by atoms with Gasteiger partial charge in [0.15, 0.2) is 0 Å². The topological polar surface area (TPSA) is 67.2 Å². The van der Waals surface area contributed by atoms with Crippen LogP contribution in [0.3, 0.4) is 0 Å². The first-order valence-corrected chi connectivity index (χ1v) is 9.88. The third kappa shape index (κ3) is 2.49. The van der Waals surface area contributed by atoms with Crippen molar-refractivity contribution in [2.75, 3.05) is 16.8 Å². The average molecular weight is 417 g/mol. The second-order valence-corrected chi connectivity index (χ2v) is 7.81. The van der Waals surface area contributed by atoms with Crippen LogP contribution in [-0.4, -0.2) is 28.1 Å². The molecular weight excluding hydrogens is 400 g/mol. The largest absolute Gasteiger partial charge is 0.311 e. The molecule has 1 spiro atoms. The number of terminal acetylenes is 1. The van der Waals surface area contributed by atoms with Crippen LogP contribution in [0, 0.1) is 12.3 Å². The number of hydrogen-bond donors (Lipinski definition) is 1. The average Bonchev–Trinajstić information content (AvgIpc) is 3.24. The molecule has 1 atom stereocenters. The molecule has 3 aromatic rings. The molecule has 0 bridgehead atoms. The highest BCUT2D eigenvalue weighted by Gasteiger charge is 2.56. The van der Waals surface area contributed by atoms with Crippen LogP contribution in [0.25, 0.3) is 0 Å². The van der Waals surface area contributed by atoms with Crippen LogP contribution in [0.5, 0.6) is 0 Å². The van der Waals surface area contributed by atoms with E-state index < -0.39 is 5.41 Å². The number of benzene rings is 2. The fourth-order valence-electron chi connectivity index (χ4n) is 4.45. The molecule has 3 heterocycles. The van der Waals surface area contributed by atoms with E-state index in [9.17, 15) is 9.59 Å². The molecule has 7 heteroatoms. The molecule has 0 saturated heterocycles. The zero-order chi connectivity index (χ0) is 20.9. The number of nitrogens with one attached hydrogen (secondary N) is 1. The molecule has 2 aliphatic heterocycles. The van der Waals surface area contributed by atoms with Crippen molar-refractivity contribution in [1.82, 2.24) is 9.78 Å². The first kappa shape index (κ1) is 18.5. The van der Waals surface area contributed by atoms with Gasteiger partial charge in [-0.2, -0.15) is 5.10 Å². The number of halogens is 1. The molecule has 1 aromatic heterocycles. The Hall–Kier alpha value is -3.56. The Balaban J connectivity index is 1.68. The van der Waals surface area contributed by atoms with E-state index in [1.54, 1.807) is 21.8 Å². The summed E-state index contributed by atoms with van der Waals surface area (Å²) in [5.41, 5.74) is 1.92. The van der Waals surface area contributed by atoms with Crippen molar-refractivity contribution in [3.05, 3.63) is 76.4 Å². The van der Waals surface area contributed by atoms with E-state index in [-0.39, 0.29) is 24.8 Å².